The molecule has 0 fully saturated rings. The molecule has 3 aromatic rings. The molecule has 0 aliphatic carbocycles. The lowest BCUT2D eigenvalue weighted by molar-refractivity contribution is 0.393. The number of benzene rings is 1. The Kier molecular flexibility index (Phi) is 7.02. The Morgan fingerprint density at radius 1 is 1.17 bits per heavy atom. The first-order chi connectivity index (χ1) is 13.9. The van der Waals surface area contributed by atoms with Crippen LogP contribution in [0.5, 0.6) is 0 Å². The third-order valence-electron chi connectivity index (χ3n) is 4.79. The number of thioether (sulfide) groups is 1. The van der Waals surface area contributed by atoms with Crippen molar-refractivity contribution in [3.05, 3.63) is 35.7 Å². The van der Waals surface area contributed by atoms with Gasteiger partial charge in [0.2, 0.25) is 10.0 Å². The molecule has 0 N–H and O–H groups in total. The molecule has 158 valence electrons. The van der Waals surface area contributed by atoms with Crippen LogP contribution in [0.15, 0.2) is 38.8 Å². The van der Waals surface area contributed by atoms with Crippen molar-refractivity contribution in [2.45, 2.75) is 62.9 Å². The summed E-state index contributed by atoms with van der Waals surface area (Å²) in [6, 6.07) is 7.17. The van der Waals surface area contributed by atoms with Gasteiger partial charge in [0, 0.05) is 31.5 Å². The van der Waals surface area contributed by atoms with Gasteiger partial charge in [0.25, 0.3) is 0 Å². The number of rotatable bonds is 10. The molecule has 0 spiro atoms. The van der Waals surface area contributed by atoms with Crippen LogP contribution >= 0.6 is 11.8 Å². The molecular weight excluding hydrogens is 408 g/mol. The van der Waals surface area contributed by atoms with E-state index in [2.05, 4.69) is 16.6 Å². The van der Waals surface area contributed by atoms with E-state index in [9.17, 15) is 8.42 Å². The van der Waals surface area contributed by atoms with Gasteiger partial charge in [-0.25, -0.2) is 13.4 Å². The highest BCUT2D eigenvalue weighted by Gasteiger charge is 2.23. The molecule has 2 aromatic heterocycles. The van der Waals surface area contributed by atoms with Crippen LogP contribution in [0, 0.1) is 6.92 Å². The van der Waals surface area contributed by atoms with Gasteiger partial charge in [-0.05, 0) is 31.5 Å². The quantitative estimate of drug-likeness (QED) is 0.437. The number of hydrogen-bond acceptors (Lipinski definition) is 6. The molecule has 0 radical (unpaired) electrons. The Bertz CT molecular complexity index is 1070. The van der Waals surface area contributed by atoms with Crippen LogP contribution in [0.4, 0.5) is 0 Å². The molecule has 0 amide bonds. The number of sulfonamides is 1. The Balaban J connectivity index is 1.97. The SMILES string of the molecule is CCCCn1c(SCc2cc(C)on2)nc2cc(S(=O)(=O)N(CC)CC)ccc21. The number of fused-ring (bicyclic) bond motifs is 1. The van der Waals surface area contributed by atoms with Crippen molar-refractivity contribution in [1.82, 2.24) is 19.0 Å². The van der Waals surface area contributed by atoms with Gasteiger partial charge in [0.15, 0.2) is 5.16 Å². The summed E-state index contributed by atoms with van der Waals surface area (Å²) in [7, 11) is -3.51. The maximum absolute atomic E-state index is 12.9. The van der Waals surface area contributed by atoms with Gasteiger partial charge >= 0.3 is 0 Å². The average molecular weight is 437 g/mol. The number of unbranched alkanes of at least 4 members (excludes halogenated alkanes) is 1. The van der Waals surface area contributed by atoms with E-state index in [1.54, 1.807) is 23.9 Å². The molecule has 0 atom stereocenters. The first kappa shape index (κ1) is 21.9. The second-order valence-corrected chi connectivity index (χ2v) is 9.74. The molecule has 2 heterocycles. The van der Waals surface area contributed by atoms with Crippen LogP contribution in [0.1, 0.15) is 45.1 Å². The molecule has 0 saturated heterocycles. The highest BCUT2D eigenvalue weighted by Crippen LogP contribution is 2.29. The fourth-order valence-electron chi connectivity index (χ4n) is 3.23. The largest absolute Gasteiger partial charge is 0.361 e. The van der Waals surface area contributed by atoms with Gasteiger partial charge in [-0.1, -0.05) is 44.1 Å². The summed E-state index contributed by atoms with van der Waals surface area (Å²) in [5, 5.41) is 4.91. The Morgan fingerprint density at radius 2 is 1.93 bits per heavy atom. The van der Waals surface area contributed by atoms with Crippen molar-refractivity contribution < 1.29 is 12.9 Å². The lowest BCUT2D eigenvalue weighted by Crippen LogP contribution is -2.30. The van der Waals surface area contributed by atoms with E-state index in [0.29, 0.717) is 24.4 Å². The second-order valence-electron chi connectivity index (χ2n) is 6.86. The summed E-state index contributed by atoms with van der Waals surface area (Å²) in [5.41, 5.74) is 2.52. The number of aryl methyl sites for hydroxylation is 2. The normalized spacial score (nSPS) is 12.3. The van der Waals surface area contributed by atoms with Crippen molar-refractivity contribution in [2.75, 3.05) is 13.1 Å². The molecular formula is C20H28N4O3S2. The number of aromatic nitrogens is 3. The van der Waals surface area contributed by atoms with E-state index in [-0.39, 0.29) is 4.90 Å². The zero-order chi connectivity index (χ0) is 21.0. The van der Waals surface area contributed by atoms with Gasteiger partial charge in [0.1, 0.15) is 5.76 Å². The summed E-state index contributed by atoms with van der Waals surface area (Å²) in [5.74, 6) is 1.43. The predicted octanol–water partition coefficient (Wildman–Crippen LogP) is 4.46. The van der Waals surface area contributed by atoms with E-state index in [1.165, 1.54) is 4.31 Å². The van der Waals surface area contributed by atoms with Gasteiger partial charge in [0.05, 0.1) is 21.6 Å². The smallest absolute Gasteiger partial charge is 0.243 e. The number of imidazole rings is 1. The topological polar surface area (TPSA) is 81.2 Å². The van der Waals surface area contributed by atoms with Gasteiger partial charge in [-0.3, -0.25) is 0 Å². The van der Waals surface area contributed by atoms with Crippen molar-refractivity contribution in [3.63, 3.8) is 0 Å². The fourth-order valence-corrected chi connectivity index (χ4v) is 5.63. The van der Waals surface area contributed by atoms with Crippen LogP contribution in [0.2, 0.25) is 0 Å². The minimum atomic E-state index is -3.51. The highest BCUT2D eigenvalue weighted by atomic mass is 32.2. The van der Waals surface area contributed by atoms with E-state index in [4.69, 9.17) is 9.51 Å². The minimum Gasteiger partial charge on any atom is -0.361 e. The standard InChI is InChI=1S/C20H28N4O3S2/c1-5-8-11-24-19-10-9-17(29(25,26)23(6-2)7-3)13-18(19)21-20(24)28-14-16-12-15(4)27-22-16/h9-10,12-13H,5-8,11,14H2,1-4H3. The molecule has 3 rings (SSSR count). The Labute approximate surface area is 176 Å². The first-order valence-electron chi connectivity index (χ1n) is 9.96. The van der Waals surface area contributed by atoms with Gasteiger partial charge < -0.3 is 9.09 Å². The zero-order valence-electron chi connectivity index (χ0n) is 17.4. The van der Waals surface area contributed by atoms with Crippen molar-refractivity contribution >= 4 is 32.8 Å². The second kappa shape index (κ2) is 9.32. The van der Waals surface area contributed by atoms with Crippen molar-refractivity contribution in [1.29, 1.82) is 0 Å². The van der Waals surface area contributed by atoms with Crippen molar-refractivity contribution in [3.8, 4) is 0 Å². The lowest BCUT2D eigenvalue weighted by atomic mass is 10.3. The number of nitrogens with zero attached hydrogens (tertiary/aromatic N) is 4. The molecule has 29 heavy (non-hydrogen) atoms. The van der Waals surface area contributed by atoms with E-state index < -0.39 is 10.0 Å². The fraction of sp³-hybridized carbons (Fsp3) is 0.500. The van der Waals surface area contributed by atoms with E-state index in [0.717, 1.165) is 41.5 Å². The summed E-state index contributed by atoms with van der Waals surface area (Å²) in [6.07, 6.45) is 2.10. The molecule has 0 aliphatic heterocycles. The third kappa shape index (κ3) is 4.67. The van der Waals surface area contributed by atoms with Gasteiger partial charge in [-0.15, -0.1) is 0 Å². The molecule has 7 nitrogen and oxygen atoms in total. The highest BCUT2D eigenvalue weighted by molar-refractivity contribution is 7.98. The molecule has 1 aromatic carbocycles. The van der Waals surface area contributed by atoms with Crippen LogP contribution in [0.25, 0.3) is 11.0 Å². The molecule has 0 bridgehead atoms. The summed E-state index contributed by atoms with van der Waals surface area (Å²) < 4.78 is 34.5. The lowest BCUT2D eigenvalue weighted by Gasteiger charge is -2.18. The first-order valence-corrected chi connectivity index (χ1v) is 12.4. The Morgan fingerprint density at radius 3 is 2.55 bits per heavy atom. The maximum Gasteiger partial charge on any atom is 0.243 e. The van der Waals surface area contributed by atoms with Crippen LogP contribution in [0.3, 0.4) is 0 Å². The van der Waals surface area contributed by atoms with Gasteiger partial charge in [-0.2, -0.15) is 4.31 Å². The molecule has 0 unspecified atom stereocenters. The monoisotopic (exact) mass is 436 g/mol. The summed E-state index contributed by atoms with van der Waals surface area (Å²) in [6.45, 7) is 9.45. The zero-order valence-corrected chi connectivity index (χ0v) is 19.0. The minimum absolute atomic E-state index is 0.289. The third-order valence-corrected chi connectivity index (χ3v) is 7.84. The van der Waals surface area contributed by atoms with Crippen LogP contribution in [-0.2, 0) is 22.3 Å². The maximum atomic E-state index is 12.9. The van der Waals surface area contributed by atoms with E-state index in [1.807, 2.05) is 32.9 Å². The van der Waals surface area contributed by atoms with Crippen LogP contribution in [-0.4, -0.2) is 40.5 Å². The summed E-state index contributed by atoms with van der Waals surface area (Å²) in [4.78, 5) is 5.05. The Hall–Kier alpha value is -1.84. The molecule has 0 aliphatic rings. The molecule has 9 heteroatoms. The molecule has 0 saturated carbocycles. The number of hydrogen-bond donors (Lipinski definition) is 0. The van der Waals surface area contributed by atoms with E-state index >= 15 is 0 Å². The predicted molar refractivity (Wildman–Crippen MR) is 116 cm³/mol. The average Bonchev–Trinajstić information content (AvgIpc) is 3.27. The summed E-state index contributed by atoms with van der Waals surface area (Å²) >= 11 is 1.59. The van der Waals surface area contributed by atoms with Crippen LogP contribution < -0.4 is 0 Å². The van der Waals surface area contributed by atoms with Crippen molar-refractivity contribution in [2.24, 2.45) is 0 Å².